The fourth-order valence-corrected chi connectivity index (χ4v) is 2.30. The lowest BCUT2D eigenvalue weighted by Crippen LogP contribution is -2.42. The maximum atomic E-state index is 11.9. The number of halogens is 1. The molecule has 0 aromatic heterocycles. The third-order valence-electron chi connectivity index (χ3n) is 3.41. The molecule has 110 valence electrons. The van der Waals surface area contributed by atoms with E-state index in [-0.39, 0.29) is 30.1 Å². The monoisotopic (exact) mass is 297 g/mol. The van der Waals surface area contributed by atoms with Gasteiger partial charge in [0, 0.05) is 11.6 Å². The molecule has 1 heterocycles. The van der Waals surface area contributed by atoms with E-state index in [1.165, 1.54) is 0 Å². The molecule has 6 heteroatoms. The SMILES string of the molecule is Cl.NC(=O)C1CCN(CC(=O)Nc2ccccc2)CC1. The van der Waals surface area contributed by atoms with E-state index in [1.807, 2.05) is 30.3 Å². The summed E-state index contributed by atoms with van der Waals surface area (Å²) < 4.78 is 0. The Morgan fingerprint density at radius 2 is 1.80 bits per heavy atom. The minimum atomic E-state index is -0.228. The first-order valence-corrected chi connectivity index (χ1v) is 6.52. The third kappa shape index (κ3) is 4.83. The third-order valence-corrected chi connectivity index (χ3v) is 3.41. The Labute approximate surface area is 124 Å². The van der Waals surface area contributed by atoms with Gasteiger partial charge in [-0.05, 0) is 38.1 Å². The first-order valence-electron chi connectivity index (χ1n) is 6.52. The standard InChI is InChI=1S/C14H19N3O2.ClH/c15-14(19)11-6-8-17(9-7-11)10-13(18)16-12-4-2-1-3-5-12;/h1-5,11H,6-10H2,(H2,15,19)(H,16,18);1H. The van der Waals surface area contributed by atoms with E-state index in [4.69, 9.17) is 5.73 Å². The first kappa shape index (κ1) is 16.5. The van der Waals surface area contributed by atoms with Crippen molar-refractivity contribution in [2.75, 3.05) is 25.0 Å². The summed E-state index contributed by atoms with van der Waals surface area (Å²) in [6.07, 6.45) is 1.49. The predicted molar refractivity (Wildman–Crippen MR) is 80.7 cm³/mol. The highest BCUT2D eigenvalue weighted by Gasteiger charge is 2.24. The minimum absolute atomic E-state index is 0. The van der Waals surface area contributed by atoms with Gasteiger partial charge in [0.1, 0.15) is 0 Å². The van der Waals surface area contributed by atoms with Crippen molar-refractivity contribution in [2.45, 2.75) is 12.8 Å². The number of rotatable bonds is 4. The molecule has 3 N–H and O–H groups in total. The Bertz CT molecular complexity index is 445. The Kier molecular flexibility index (Phi) is 6.48. The zero-order valence-corrected chi connectivity index (χ0v) is 12.1. The van der Waals surface area contributed by atoms with Gasteiger partial charge in [-0.25, -0.2) is 0 Å². The molecule has 2 amide bonds. The van der Waals surface area contributed by atoms with Crippen LogP contribution in [0.3, 0.4) is 0 Å². The highest BCUT2D eigenvalue weighted by molar-refractivity contribution is 5.92. The zero-order chi connectivity index (χ0) is 13.7. The van der Waals surface area contributed by atoms with Crippen molar-refractivity contribution in [3.8, 4) is 0 Å². The number of hydrogen-bond donors (Lipinski definition) is 2. The maximum absolute atomic E-state index is 11.9. The number of benzene rings is 1. The number of likely N-dealkylation sites (tertiary alicyclic amines) is 1. The summed E-state index contributed by atoms with van der Waals surface area (Å²) in [4.78, 5) is 25.0. The van der Waals surface area contributed by atoms with Crippen molar-refractivity contribution < 1.29 is 9.59 Å². The second-order valence-corrected chi connectivity index (χ2v) is 4.87. The number of anilines is 1. The average Bonchev–Trinajstić information content (AvgIpc) is 2.40. The van der Waals surface area contributed by atoms with Crippen LogP contribution in [0.1, 0.15) is 12.8 Å². The lowest BCUT2D eigenvalue weighted by atomic mass is 9.96. The van der Waals surface area contributed by atoms with Crippen molar-refractivity contribution in [3.05, 3.63) is 30.3 Å². The molecule has 5 nitrogen and oxygen atoms in total. The number of carbonyl (C=O) groups is 2. The van der Waals surface area contributed by atoms with Crippen LogP contribution in [0.15, 0.2) is 30.3 Å². The Morgan fingerprint density at radius 3 is 2.35 bits per heavy atom. The Morgan fingerprint density at radius 1 is 1.20 bits per heavy atom. The van der Waals surface area contributed by atoms with Gasteiger partial charge in [-0.15, -0.1) is 12.4 Å². The molecule has 1 aliphatic rings. The number of nitrogens with zero attached hydrogens (tertiary/aromatic N) is 1. The molecule has 0 bridgehead atoms. The van der Waals surface area contributed by atoms with Gasteiger partial charge in [-0.1, -0.05) is 18.2 Å². The largest absolute Gasteiger partial charge is 0.369 e. The van der Waals surface area contributed by atoms with Gasteiger partial charge in [0.05, 0.1) is 6.54 Å². The molecule has 20 heavy (non-hydrogen) atoms. The van der Waals surface area contributed by atoms with Crippen LogP contribution >= 0.6 is 12.4 Å². The number of nitrogens with one attached hydrogen (secondary N) is 1. The number of primary amides is 1. The van der Waals surface area contributed by atoms with E-state index >= 15 is 0 Å². The molecule has 0 saturated carbocycles. The topological polar surface area (TPSA) is 75.4 Å². The van der Waals surface area contributed by atoms with Crippen LogP contribution in [0.25, 0.3) is 0 Å². The molecule has 0 radical (unpaired) electrons. The van der Waals surface area contributed by atoms with Gasteiger partial charge < -0.3 is 11.1 Å². The molecular weight excluding hydrogens is 278 g/mol. The summed E-state index contributed by atoms with van der Waals surface area (Å²) in [5.41, 5.74) is 6.08. The minimum Gasteiger partial charge on any atom is -0.369 e. The molecule has 0 unspecified atom stereocenters. The number of nitrogens with two attached hydrogens (primary N) is 1. The van der Waals surface area contributed by atoms with Crippen molar-refractivity contribution >= 4 is 29.9 Å². The lowest BCUT2D eigenvalue weighted by molar-refractivity contribution is -0.123. The van der Waals surface area contributed by atoms with E-state index in [0.29, 0.717) is 6.54 Å². The summed E-state index contributed by atoms with van der Waals surface area (Å²) in [5, 5.41) is 2.85. The van der Waals surface area contributed by atoms with E-state index in [2.05, 4.69) is 10.2 Å². The van der Waals surface area contributed by atoms with E-state index in [1.54, 1.807) is 0 Å². The van der Waals surface area contributed by atoms with Crippen LogP contribution in [0.2, 0.25) is 0 Å². The average molecular weight is 298 g/mol. The number of piperidine rings is 1. The van der Waals surface area contributed by atoms with Crippen LogP contribution in [-0.2, 0) is 9.59 Å². The van der Waals surface area contributed by atoms with Crippen LogP contribution in [0.5, 0.6) is 0 Å². The molecule has 1 saturated heterocycles. The van der Waals surface area contributed by atoms with Gasteiger partial charge in [0.15, 0.2) is 0 Å². The molecule has 1 fully saturated rings. The predicted octanol–water partition coefficient (Wildman–Crippen LogP) is 1.24. The van der Waals surface area contributed by atoms with Crippen molar-refractivity contribution in [2.24, 2.45) is 11.7 Å². The zero-order valence-electron chi connectivity index (χ0n) is 11.2. The molecule has 0 spiro atoms. The number of para-hydroxylation sites is 1. The fourth-order valence-electron chi connectivity index (χ4n) is 2.30. The van der Waals surface area contributed by atoms with Crippen LogP contribution in [-0.4, -0.2) is 36.3 Å². The molecule has 1 aromatic rings. The molecule has 2 rings (SSSR count). The maximum Gasteiger partial charge on any atom is 0.238 e. The highest BCUT2D eigenvalue weighted by atomic mass is 35.5. The summed E-state index contributed by atoms with van der Waals surface area (Å²) in [5.74, 6) is -0.287. The Hall–Kier alpha value is -1.59. The van der Waals surface area contributed by atoms with Crippen LogP contribution in [0.4, 0.5) is 5.69 Å². The quantitative estimate of drug-likeness (QED) is 0.878. The molecule has 0 aliphatic carbocycles. The highest BCUT2D eigenvalue weighted by Crippen LogP contribution is 2.16. The second-order valence-electron chi connectivity index (χ2n) is 4.87. The van der Waals surface area contributed by atoms with Crippen LogP contribution in [0, 0.1) is 5.92 Å². The van der Waals surface area contributed by atoms with Crippen LogP contribution < -0.4 is 11.1 Å². The summed E-state index contributed by atoms with van der Waals surface area (Å²) in [6, 6.07) is 9.39. The number of amides is 2. The van der Waals surface area contributed by atoms with Gasteiger partial charge in [0.2, 0.25) is 11.8 Å². The number of carbonyl (C=O) groups excluding carboxylic acids is 2. The Balaban J connectivity index is 0.00000200. The molecular formula is C14H20ClN3O2. The van der Waals surface area contributed by atoms with E-state index in [0.717, 1.165) is 31.6 Å². The van der Waals surface area contributed by atoms with Gasteiger partial charge in [-0.2, -0.15) is 0 Å². The van der Waals surface area contributed by atoms with Gasteiger partial charge in [0.25, 0.3) is 0 Å². The normalized spacial score (nSPS) is 16.2. The van der Waals surface area contributed by atoms with E-state index < -0.39 is 0 Å². The summed E-state index contributed by atoms with van der Waals surface area (Å²) >= 11 is 0. The van der Waals surface area contributed by atoms with E-state index in [9.17, 15) is 9.59 Å². The number of hydrogen-bond acceptors (Lipinski definition) is 3. The lowest BCUT2D eigenvalue weighted by Gasteiger charge is -2.29. The molecule has 1 aliphatic heterocycles. The van der Waals surface area contributed by atoms with Gasteiger partial charge in [-0.3, -0.25) is 14.5 Å². The first-order chi connectivity index (χ1) is 9.15. The second kappa shape index (κ2) is 7.87. The molecule has 0 atom stereocenters. The summed E-state index contributed by atoms with van der Waals surface area (Å²) in [7, 11) is 0. The van der Waals surface area contributed by atoms with Crippen molar-refractivity contribution in [1.29, 1.82) is 0 Å². The summed E-state index contributed by atoms with van der Waals surface area (Å²) in [6.45, 7) is 1.85. The van der Waals surface area contributed by atoms with Gasteiger partial charge >= 0.3 is 0 Å². The smallest absolute Gasteiger partial charge is 0.238 e. The van der Waals surface area contributed by atoms with Crippen molar-refractivity contribution in [3.63, 3.8) is 0 Å². The molecule has 1 aromatic carbocycles. The fraction of sp³-hybridized carbons (Fsp3) is 0.429. The van der Waals surface area contributed by atoms with Crippen molar-refractivity contribution in [1.82, 2.24) is 4.90 Å².